The van der Waals surface area contributed by atoms with Crippen molar-refractivity contribution in [2.24, 2.45) is 11.8 Å². The van der Waals surface area contributed by atoms with Gasteiger partial charge in [-0.15, -0.1) is 0 Å². The Bertz CT molecular complexity index is 200. The average Bonchev–Trinajstić information content (AvgIpc) is 2.45. The molecule has 2 unspecified atom stereocenters. The molecule has 0 aromatic heterocycles. The second-order valence-electron chi connectivity index (χ2n) is 6.37. The highest BCUT2D eigenvalue weighted by atomic mass is 16.1. The van der Waals surface area contributed by atoms with Crippen molar-refractivity contribution in [3.05, 3.63) is 0 Å². The molecule has 20 heavy (non-hydrogen) atoms. The van der Waals surface area contributed by atoms with Crippen LogP contribution in [0.3, 0.4) is 0 Å². The molecule has 1 nitrogen and oxygen atoms in total. The van der Waals surface area contributed by atoms with Crippen LogP contribution < -0.4 is 0 Å². The zero-order valence-electron chi connectivity index (χ0n) is 14.5. The highest BCUT2D eigenvalue weighted by molar-refractivity contribution is 5.83. The summed E-state index contributed by atoms with van der Waals surface area (Å²) in [5.74, 6) is 1.30. The van der Waals surface area contributed by atoms with E-state index >= 15 is 0 Å². The SMILES string of the molecule is CCCCCC(CCC)C(=O)C(CCC)CCCCC. The molecule has 0 N–H and O–H groups in total. The van der Waals surface area contributed by atoms with Crippen LogP contribution in [-0.2, 0) is 4.79 Å². The summed E-state index contributed by atoms with van der Waals surface area (Å²) in [7, 11) is 0. The maximum Gasteiger partial charge on any atom is 0.139 e. The van der Waals surface area contributed by atoms with Crippen molar-refractivity contribution in [1.29, 1.82) is 0 Å². The van der Waals surface area contributed by atoms with E-state index in [2.05, 4.69) is 27.7 Å². The number of rotatable bonds is 14. The van der Waals surface area contributed by atoms with Crippen molar-refractivity contribution in [3.8, 4) is 0 Å². The molecular formula is C19H38O. The number of hydrogen-bond donors (Lipinski definition) is 0. The Morgan fingerprint density at radius 2 is 1.00 bits per heavy atom. The van der Waals surface area contributed by atoms with E-state index in [-0.39, 0.29) is 0 Å². The lowest BCUT2D eigenvalue weighted by atomic mass is 9.81. The summed E-state index contributed by atoms with van der Waals surface area (Å²) in [6, 6.07) is 0. The van der Waals surface area contributed by atoms with Crippen LogP contribution in [0, 0.1) is 11.8 Å². The van der Waals surface area contributed by atoms with Gasteiger partial charge < -0.3 is 0 Å². The van der Waals surface area contributed by atoms with Crippen LogP contribution >= 0.6 is 0 Å². The number of ketones is 1. The summed E-state index contributed by atoms with van der Waals surface area (Å²) in [5, 5.41) is 0. The molecule has 0 bridgehead atoms. The Hall–Kier alpha value is -0.330. The molecule has 0 heterocycles. The van der Waals surface area contributed by atoms with Gasteiger partial charge in [0.15, 0.2) is 0 Å². The molecule has 0 aliphatic carbocycles. The van der Waals surface area contributed by atoms with Crippen molar-refractivity contribution >= 4 is 5.78 Å². The van der Waals surface area contributed by atoms with Gasteiger partial charge in [-0.05, 0) is 25.7 Å². The first-order valence-corrected chi connectivity index (χ1v) is 9.24. The van der Waals surface area contributed by atoms with E-state index < -0.39 is 0 Å². The number of carbonyl (C=O) groups excluding carboxylic acids is 1. The third-order valence-electron chi connectivity index (χ3n) is 4.39. The maximum absolute atomic E-state index is 12.8. The Balaban J connectivity index is 4.42. The molecule has 0 spiro atoms. The molecule has 120 valence electrons. The number of hydrogen-bond acceptors (Lipinski definition) is 1. The van der Waals surface area contributed by atoms with Crippen LogP contribution in [0.1, 0.15) is 105 Å². The molecule has 0 aromatic carbocycles. The Labute approximate surface area is 127 Å². The Kier molecular flexibility index (Phi) is 13.4. The van der Waals surface area contributed by atoms with Gasteiger partial charge in [-0.1, -0.05) is 79.1 Å². The normalized spacial score (nSPS) is 14.2. The van der Waals surface area contributed by atoms with Crippen molar-refractivity contribution in [3.63, 3.8) is 0 Å². The summed E-state index contributed by atoms with van der Waals surface area (Å²) >= 11 is 0. The van der Waals surface area contributed by atoms with E-state index in [4.69, 9.17) is 0 Å². The van der Waals surface area contributed by atoms with E-state index in [1.54, 1.807) is 0 Å². The molecule has 2 atom stereocenters. The topological polar surface area (TPSA) is 17.1 Å². The smallest absolute Gasteiger partial charge is 0.139 e. The standard InChI is InChI=1S/C19H38O/c1-5-9-11-15-17(13-7-3)19(20)18(14-8-4)16-12-10-6-2/h17-18H,5-16H2,1-4H3. The number of carbonyl (C=O) groups is 1. The summed E-state index contributed by atoms with van der Waals surface area (Å²) in [6.07, 6.45) is 14.3. The second kappa shape index (κ2) is 13.6. The number of unbranched alkanes of at least 4 members (excludes halogenated alkanes) is 4. The van der Waals surface area contributed by atoms with Crippen LogP contribution in [-0.4, -0.2) is 5.78 Å². The van der Waals surface area contributed by atoms with Gasteiger partial charge in [-0.3, -0.25) is 4.79 Å². The maximum atomic E-state index is 12.8. The van der Waals surface area contributed by atoms with Crippen LogP contribution in [0.25, 0.3) is 0 Å². The molecule has 0 saturated carbocycles. The molecular weight excluding hydrogens is 244 g/mol. The van der Waals surface area contributed by atoms with E-state index in [0.717, 1.165) is 38.5 Å². The lowest BCUT2D eigenvalue weighted by molar-refractivity contribution is -0.127. The summed E-state index contributed by atoms with van der Waals surface area (Å²) < 4.78 is 0. The largest absolute Gasteiger partial charge is 0.299 e. The van der Waals surface area contributed by atoms with Crippen molar-refractivity contribution < 1.29 is 4.79 Å². The van der Waals surface area contributed by atoms with Gasteiger partial charge in [-0.25, -0.2) is 0 Å². The van der Waals surface area contributed by atoms with Crippen LogP contribution in [0.2, 0.25) is 0 Å². The van der Waals surface area contributed by atoms with Gasteiger partial charge in [0.05, 0.1) is 0 Å². The van der Waals surface area contributed by atoms with E-state index in [0.29, 0.717) is 17.6 Å². The van der Waals surface area contributed by atoms with E-state index in [1.807, 2.05) is 0 Å². The zero-order valence-corrected chi connectivity index (χ0v) is 14.5. The predicted molar refractivity (Wildman–Crippen MR) is 90.1 cm³/mol. The van der Waals surface area contributed by atoms with Gasteiger partial charge in [-0.2, -0.15) is 0 Å². The summed E-state index contributed by atoms with van der Waals surface area (Å²) in [4.78, 5) is 12.8. The lowest BCUT2D eigenvalue weighted by Gasteiger charge is -2.22. The summed E-state index contributed by atoms with van der Waals surface area (Å²) in [5.41, 5.74) is 0. The molecule has 0 amide bonds. The monoisotopic (exact) mass is 282 g/mol. The van der Waals surface area contributed by atoms with Gasteiger partial charge in [0, 0.05) is 11.8 Å². The minimum atomic E-state index is 0.352. The van der Waals surface area contributed by atoms with Crippen LogP contribution in [0.15, 0.2) is 0 Å². The zero-order chi connectivity index (χ0) is 15.2. The summed E-state index contributed by atoms with van der Waals surface area (Å²) in [6.45, 7) is 8.90. The fourth-order valence-electron chi connectivity index (χ4n) is 3.17. The van der Waals surface area contributed by atoms with Crippen LogP contribution in [0.5, 0.6) is 0 Å². The molecule has 0 fully saturated rings. The third kappa shape index (κ3) is 8.76. The molecule has 0 aliphatic rings. The van der Waals surface area contributed by atoms with Gasteiger partial charge in [0.2, 0.25) is 0 Å². The minimum absolute atomic E-state index is 0.352. The van der Waals surface area contributed by atoms with Crippen molar-refractivity contribution in [2.75, 3.05) is 0 Å². The molecule has 0 rings (SSSR count). The molecule has 1 heteroatoms. The highest BCUT2D eigenvalue weighted by Gasteiger charge is 2.24. The van der Waals surface area contributed by atoms with Crippen molar-refractivity contribution in [1.82, 2.24) is 0 Å². The lowest BCUT2D eigenvalue weighted by Crippen LogP contribution is -2.24. The Morgan fingerprint density at radius 3 is 1.30 bits per heavy atom. The number of Topliss-reactive ketones (excluding diaryl/α,β-unsaturated/α-hetero) is 1. The van der Waals surface area contributed by atoms with E-state index in [9.17, 15) is 4.79 Å². The first-order valence-electron chi connectivity index (χ1n) is 9.24. The van der Waals surface area contributed by atoms with Gasteiger partial charge in [0.1, 0.15) is 5.78 Å². The first-order chi connectivity index (χ1) is 9.71. The fraction of sp³-hybridized carbons (Fsp3) is 0.947. The quantitative estimate of drug-likeness (QED) is 0.330. The van der Waals surface area contributed by atoms with Gasteiger partial charge >= 0.3 is 0 Å². The second-order valence-corrected chi connectivity index (χ2v) is 6.37. The molecule has 0 aliphatic heterocycles. The van der Waals surface area contributed by atoms with E-state index in [1.165, 1.54) is 38.5 Å². The predicted octanol–water partition coefficient (Wildman–Crippen LogP) is 6.55. The third-order valence-corrected chi connectivity index (χ3v) is 4.39. The first kappa shape index (κ1) is 19.7. The average molecular weight is 283 g/mol. The molecule has 0 saturated heterocycles. The van der Waals surface area contributed by atoms with Crippen LogP contribution in [0.4, 0.5) is 0 Å². The molecule has 0 radical (unpaired) electrons. The Morgan fingerprint density at radius 1 is 0.600 bits per heavy atom. The van der Waals surface area contributed by atoms with Crippen molar-refractivity contribution in [2.45, 2.75) is 105 Å². The highest BCUT2D eigenvalue weighted by Crippen LogP contribution is 2.26. The molecule has 0 aromatic rings. The fourth-order valence-corrected chi connectivity index (χ4v) is 3.17. The van der Waals surface area contributed by atoms with Gasteiger partial charge in [0.25, 0.3) is 0 Å². The minimum Gasteiger partial charge on any atom is -0.299 e.